The maximum absolute atomic E-state index is 11.8. The first-order valence-corrected chi connectivity index (χ1v) is 5.10. The van der Waals surface area contributed by atoms with Crippen LogP contribution in [0.2, 0.25) is 0 Å². The molecule has 0 unspecified atom stereocenters. The third kappa shape index (κ3) is 2.56. The quantitative estimate of drug-likeness (QED) is 0.691. The zero-order valence-electron chi connectivity index (χ0n) is 8.85. The van der Waals surface area contributed by atoms with Crippen LogP contribution in [0, 0.1) is 6.92 Å². The van der Waals surface area contributed by atoms with Crippen LogP contribution in [-0.4, -0.2) is 46.9 Å². The molecule has 5 nitrogen and oxygen atoms in total. The van der Waals surface area contributed by atoms with E-state index in [1.807, 2.05) is 18.0 Å². The normalized spacial score (nSPS) is 16.7. The highest BCUT2D eigenvalue weighted by molar-refractivity contribution is 5.75. The molecule has 15 heavy (non-hydrogen) atoms. The van der Waals surface area contributed by atoms with Crippen molar-refractivity contribution in [3.05, 3.63) is 18.0 Å². The summed E-state index contributed by atoms with van der Waals surface area (Å²) < 4.78 is 6.86. The molecule has 1 aliphatic heterocycles. The van der Waals surface area contributed by atoms with Crippen LogP contribution in [0.25, 0.3) is 0 Å². The number of carbonyl (C=O) groups excluding carboxylic acids is 1. The molecule has 1 amide bonds. The first kappa shape index (κ1) is 10.2. The Morgan fingerprint density at radius 1 is 1.53 bits per heavy atom. The van der Waals surface area contributed by atoms with E-state index < -0.39 is 0 Å². The van der Waals surface area contributed by atoms with Crippen LogP contribution in [0.5, 0.6) is 0 Å². The highest BCUT2D eigenvalue weighted by Crippen LogP contribution is 2.00. The van der Waals surface area contributed by atoms with Crippen molar-refractivity contribution < 1.29 is 9.53 Å². The van der Waals surface area contributed by atoms with Crippen molar-refractivity contribution in [3.8, 4) is 0 Å². The fourth-order valence-corrected chi connectivity index (χ4v) is 1.60. The van der Waals surface area contributed by atoms with E-state index in [9.17, 15) is 4.79 Å². The Hall–Kier alpha value is -1.36. The van der Waals surface area contributed by atoms with E-state index in [4.69, 9.17) is 4.74 Å². The summed E-state index contributed by atoms with van der Waals surface area (Å²) >= 11 is 0. The third-order valence-electron chi connectivity index (χ3n) is 2.42. The van der Waals surface area contributed by atoms with Gasteiger partial charge in [-0.05, 0) is 12.5 Å². The molecule has 0 saturated carbocycles. The van der Waals surface area contributed by atoms with Crippen molar-refractivity contribution in [2.75, 3.05) is 26.3 Å². The zero-order chi connectivity index (χ0) is 10.7. The third-order valence-corrected chi connectivity index (χ3v) is 2.42. The second kappa shape index (κ2) is 4.44. The van der Waals surface area contributed by atoms with E-state index in [0.29, 0.717) is 32.8 Å². The zero-order valence-corrected chi connectivity index (χ0v) is 8.85. The molecule has 82 valence electrons. The number of hydrogen-bond donors (Lipinski definition) is 0. The van der Waals surface area contributed by atoms with Crippen LogP contribution < -0.4 is 0 Å². The summed E-state index contributed by atoms with van der Waals surface area (Å²) in [5.74, 6) is 0.112. The van der Waals surface area contributed by atoms with Crippen LogP contribution in [0.3, 0.4) is 0 Å². The van der Waals surface area contributed by atoms with Crippen LogP contribution in [0.4, 0.5) is 0 Å². The summed E-state index contributed by atoms with van der Waals surface area (Å²) in [6.45, 7) is 4.96. The number of rotatable bonds is 2. The molecule has 0 aromatic carbocycles. The molecule has 0 spiro atoms. The van der Waals surface area contributed by atoms with Gasteiger partial charge in [0, 0.05) is 19.3 Å². The van der Waals surface area contributed by atoms with Crippen LogP contribution in [-0.2, 0) is 16.1 Å². The Bertz CT molecular complexity index is 342. The molecular formula is C10H15N3O2. The number of aryl methyl sites for hydroxylation is 1. The summed E-state index contributed by atoms with van der Waals surface area (Å²) in [6, 6.07) is 0. The predicted octanol–water partition coefficient (Wildman–Crippen LogP) is 0.0503. The number of hydrogen-bond acceptors (Lipinski definition) is 3. The summed E-state index contributed by atoms with van der Waals surface area (Å²) in [6.07, 6.45) is 3.63. The van der Waals surface area contributed by atoms with Crippen LogP contribution >= 0.6 is 0 Å². The number of aromatic nitrogens is 2. The van der Waals surface area contributed by atoms with E-state index >= 15 is 0 Å². The lowest BCUT2D eigenvalue weighted by atomic mass is 10.4. The summed E-state index contributed by atoms with van der Waals surface area (Å²) in [5, 5.41) is 4.09. The first-order valence-electron chi connectivity index (χ1n) is 5.10. The minimum absolute atomic E-state index is 0.112. The van der Waals surface area contributed by atoms with E-state index in [1.54, 1.807) is 10.9 Å². The molecule has 1 aromatic rings. The second-order valence-corrected chi connectivity index (χ2v) is 3.71. The second-order valence-electron chi connectivity index (χ2n) is 3.71. The molecule has 1 saturated heterocycles. The van der Waals surface area contributed by atoms with E-state index in [0.717, 1.165) is 5.56 Å². The molecule has 1 fully saturated rings. The molecule has 2 rings (SSSR count). The molecule has 0 atom stereocenters. The van der Waals surface area contributed by atoms with Gasteiger partial charge in [-0.15, -0.1) is 0 Å². The van der Waals surface area contributed by atoms with Gasteiger partial charge in [0.25, 0.3) is 0 Å². The van der Waals surface area contributed by atoms with Gasteiger partial charge in [-0.2, -0.15) is 5.10 Å². The maximum Gasteiger partial charge on any atom is 0.244 e. The Kier molecular flexibility index (Phi) is 3.01. The Morgan fingerprint density at radius 2 is 2.27 bits per heavy atom. The number of nitrogens with zero attached hydrogens (tertiary/aromatic N) is 3. The van der Waals surface area contributed by atoms with Gasteiger partial charge < -0.3 is 9.64 Å². The highest BCUT2D eigenvalue weighted by Gasteiger charge is 2.16. The van der Waals surface area contributed by atoms with Gasteiger partial charge in [0.2, 0.25) is 5.91 Å². The van der Waals surface area contributed by atoms with Crippen molar-refractivity contribution in [2.24, 2.45) is 0 Å². The standard InChI is InChI=1S/C10H15N3O2/c1-9-6-11-13(7-9)8-10(14)12-2-4-15-5-3-12/h6-7H,2-5,8H2,1H3. The highest BCUT2D eigenvalue weighted by atomic mass is 16.5. The Labute approximate surface area is 88.6 Å². The summed E-state index contributed by atoms with van der Waals surface area (Å²) in [7, 11) is 0. The van der Waals surface area contributed by atoms with Crippen molar-refractivity contribution in [1.29, 1.82) is 0 Å². The topological polar surface area (TPSA) is 47.4 Å². The van der Waals surface area contributed by atoms with Gasteiger partial charge >= 0.3 is 0 Å². The molecule has 0 bridgehead atoms. The smallest absolute Gasteiger partial charge is 0.244 e. The fourth-order valence-electron chi connectivity index (χ4n) is 1.60. The maximum atomic E-state index is 11.8. The minimum Gasteiger partial charge on any atom is -0.378 e. The van der Waals surface area contributed by atoms with Crippen molar-refractivity contribution >= 4 is 5.91 Å². The average Bonchev–Trinajstić information content (AvgIpc) is 2.65. The van der Waals surface area contributed by atoms with Crippen molar-refractivity contribution in [3.63, 3.8) is 0 Å². The van der Waals surface area contributed by atoms with Gasteiger partial charge in [0.05, 0.1) is 19.4 Å². The van der Waals surface area contributed by atoms with Crippen molar-refractivity contribution in [2.45, 2.75) is 13.5 Å². The fraction of sp³-hybridized carbons (Fsp3) is 0.600. The minimum atomic E-state index is 0.112. The first-order chi connectivity index (χ1) is 7.25. The van der Waals surface area contributed by atoms with Gasteiger partial charge in [0.1, 0.15) is 6.54 Å². The lowest BCUT2D eigenvalue weighted by Crippen LogP contribution is -2.42. The molecule has 0 N–H and O–H groups in total. The summed E-state index contributed by atoms with van der Waals surface area (Å²) in [4.78, 5) is 13.6. The molecule has 0 aliphatic carbocycles. The number of amides is 1. The molecule has 1 aromatic heterocycles. The van der Waals surface area contributed by atoms with E-state index in [-0.39, 0.29) is 5.91 Å². The van der Waals surface area contributed by atoms with Crippen LogP contribution in [0.15, 0.2) is 12.4 Å². The van der Waals surface area contributed by atoms with Gasteiger partial charge in [0.15, 0.2) is 0 Å². The monoisotopic (exact) mass is 209 g/mol. The van der Waals surface area contributed by atoms with Crippen LogP contribution in [0.1, 0.15) is 5.56 Å². The lowest BCUT2D eigenvalue weighted by molar-refractivity contribution is -0.136. The Balaban J connectivity index is 1.91. The van der Waals surface area contributed by atoms with E-state index in [1.165, 1.54) is 0 Å². The molecule has 0 radical (unpaired) electrons. The van der Waals surface area contributed by atoms with Crippen molar-refractivity contribution in [1.82, 2.24) is 14.7 Å². The molecule has 2 heterocycles. The SMILES string of the molecule is Cc1cnn(CC(=O)N2CCOCC2)c1. The average molecular weight is 209 g/mol. The Morgan fingerprint density at radius 3 is 2.87 bits per heavy atom. The van der Waals surface area contributed by atoms with Gasteiger partial charge in [-0.3, -0.25) is 9.48 Å². The molecule has 1 aliphatic rings. The van der Waals surface area contributed by atoms with Gasteiger partial charge in [-0.25, -0.2) is 0 Å². The lowest BCUT2D eigenvalue weighted by Gasteiger charge is -2.26. The number of ether oxygens (including phenoxy) is 1. The number of morpholine rings is 1. The number of carbonyl (C=O) groups is 1. The molecular weight excluding hydrogens is 194 g/mol. The summed E-state index contributed by atoms with van der Waals surface area (Å²) in [5.41, 5.74) is 1.07. The predicted molar refractivity (Wildman–Crippen MR) is 54.4 cm³/mol. The van der Waals surface area contributed by atoms with E-state index in [2.05, 4.69) is 5.10 Å². The molecule has 5 heteroatoms. The van der Waals surface area contributed by atoms with Gasteiger partial charge in [-0.1, -0.05) is 0 Å². The largest absolute Gasteiger partial charge is 0.378 e.